The molecule has 0 amide bonds. The highest BCUT2D eigenvalue weighted by atomic mass is 32.2. The van der Waals surface area contributed by atoms with Crippen LogP contribution in [0.2, 0.25) is 0 Å². The van der Waals surface area contributed by atoms with Crippen molar-refractivity contribution >= 4 is 18.0 Å². The van der Waals surface area contributed by atoms with Crippen LogP contribution in [0.1, 0.15) is 0 Å². The van der Waals surface area contributed by atoms with E-state index in [2.05, 4.69) is 5.32 Å². The standard InChI is InChI=1S/C5H7NOS/c7-4-5-6-2-1-3-8-5/h1-2,4-6H,3H2. The Hall–Kier alpha value is -0.440. The highest BCUT2D eigenvalue weighted by Gasteiger charge is 2.04. The van der Waals surface area contributed by atoms with Crippen LogP contribution in [0.5, 0.6) is 0 Å². The van der Waals surface area contributed by atoms with Crippen LogP contribution in [0.15, 0.2) is 12.3 Å². The molecule has 8 heavy (non-hydrogen) atoms. The maximum absolute atomic E-state index is 10.0. The Morgan fingerprint density at radius 2 is 2.75 bits per heavy atom. The molecule has 0 spiro atoms. The third-order valence-electron chi connectivity index (χ3n) is 0.874. The Balaban J connectivity index is 2.37. The van der Waals surface area contributed by atoms with Crippen LogP contribution in [-0.2, 0) is 4.79 Å². The molecule has 2 nitrogen and oxygen atoms in total. The summed E-state index contributed by atoms with van der Waals surface area (Å²) in [5.41, 5.74) is 0. The van der Waals surface area contributed by atoms with Gasteiger partial charge in [0, 0.05) is 5.75 Å². The van der Waals surface area contributed by atoms with E-state index in [1.54, 1.807) is 11.8 Å². The fourth-order valence-corrected chi connectivity index (χ4v) is 1.16. The minimum atomic E-state index is -0.0139. The Kier molecular flexibility index (Phi) is 1.97. The highest BCUT2D eigenvalue weighted by Crippen LogP contribution is 2.08. The van der Waals surface area contributed by atoms with Crippen molar-refractivity contribution in [3.8, 4) is 0 Å². The smallest absolute Gasteiger partial charge is 0.152 e. The van der Waals surface area contributed by atoms with Crippen LogP contribution in [0, 0.1) is 0 Å². The summed E-state index contributed by atoms with van der Waals surface area (Å²) in [6.45, 7) is 0. The van der Waals surface area contributed by atoms with Crippen molar-refractivity contribution in [2.24, 2.45) is 0 Å². The van der Waals surface area contributed by atoms with E-state index < -0.39 is 0 Å². The van der Waals surface area contributed by atoms with Crippen molar-refractivity contribution in [3.05, 3.63) is 12.3 Å². The zero-order chi connectivity index (χ0) is 5.82. The van der Waals surface area contributed by atoms with Gasteiger partial charge >= 0.3 is 0 Å². The summed E-state index contributed by atoms with van der Waals surface area (Å²) in [4.78, 5) is 10.0. The molecule has 0 radical (unpaired) electrons. The predicted octanol–water partition coefficient (Wildman–Crippen LogP) is 0.361. The number of carbonyl (C=O) groups is 1. The SMILES string of the molecule is O=CC1NC=CCS1. The number of thioether (sulfide) groups is 1. The van der Waals surface area contributed by atoms with Crippen molar-refractivity contribution in [3.63, 3.8) is 0 Å². The molecule has 1 unspecified atom stereocenters. The van der Waals surface area contributed by atoms with Gasteiger partial charge < -0.3 is 10.1 Å². The van der Waals surface area contributed by atoms with Crippen molar-refractivity contribution in [1.82, 2.24) is 5.32 Å². The molecule has 44 valence electrons. The lowest BCUT2D eigenvalue weighted by molar-refractivity contribution is -0.107. The molecule has 0 fully saturated rings. The number of aldehydes is 1. The summed E-state index contributed by atoms with van der Waals surface area (Å²) >= 11 is 1.60. The third kappa shape index (κ3) is 1.26. The summed E-state index contributed by atoms with van der Waals surface area (Å²) in [6, 6.07) is 0. The van der Waals surface area contributed by atoms with Gasteiger partial charge in [0.15, 0.2) is 6.29 Å². The molecule has 1 N–H and O–H groups in total. The van der Waals surface area contributed by atoms with E-state index in [0.29, 0.717) is 0 Å². The molecule has 1 rings (SSSR count). The second kappa shape index (κ2) is 2.77. The molecule has 0 aromatic heterocycles. The van der Waals surface area contributed by atoms with E-state index in [1.165, 1.54) is 0 Å². The average Bonchev–Trinajstić information content (AvgIpc) is 1.90. The van der Waals surface area contributed by atoms with E-state index >= 15 is 0 Å². The zero-order valence-corrected chi connectivity index (χ0v) is 5.15. The Labute approximate surface area is 52.3 Å². The summed E-state index contributed by atoms with van der Waals surface area (Å²) in [5, 5.41) is 2.87. The highest BCUT2D eigenvalue weighted by molar-refractivity contribution is 8.00. The first-order valence-corrected chi connectivity index (χ1v) is 3.46. The number of nitrogens with one attached hydrogen (secondary N) is 1. The van der Waals surface area contributed by atoms with E-state index in [4.69, 9.17) is 0 Å². The van der Waals surface area contributed by atoms with Crippen molar-refractivity contribution in [2.75, 3.05) is 5.75 Å². The Bertz CT molecular complexity index is 113. The summed E-state index contributed by atoms with van der Waals surface area (Å²) in [7, 11) is 0. The normalized spacial score (nSPS) is 26.8. The quantitative estimate of drug-likeness (QED) is 0.518. The summed E-state index contributed by atoms with van der Waals surface area (Å²) < 4.78 is 0. The Morgan fingerprint density at radius 1 is 1.88 bits per heavy atom. The number of rotatable bonds is 1. The van der Waals surface area contributed by atoms with Gasteiger partial charge in [0.2, 0.25) is 0 Å². The van der Waals surface area contributed by atoms with E-state index in [-0.39, 0.29) is 5.37 Å². The predicted molar refractivity (Wildman–Crippen MR) is 34.6 cm³/mol. The molecule has 1 aliphatic rings. The van der Waals surface area contributed by atoms with Crippen LogP contribution in [0.4, 0.5) is 0 Å². The average molecular weight is 129 g/mol. The van der Waals surface area contributed by atoms with Crippen LogP contribution >= 0.6 is 11.8 Å². The minimum Gasteiger partial charge on any atom is -0.374 e. The fraction of sp³-hybridized carbons (Fsp3) is 0.400. The lowest BCUT2D eigenvalue weighted by Gasteiger charge is -2.11. The number of carbonyl (C=O) groups excluding carboxylic acids is 1. The van der Waals surface area contributed by atoms with Crippen molar-refractivity contribution in [2.45, 2.75) is 5.37 Å². The molecule has 0 aromatic rings. The number of hydrogen-bond donors (Lipinski definition) is 1. The second-order valence-electron chi connectivity index (χ2n) is 1.46. The van der Waals surface area contributed by atoms with Gasteiger partial charge in [-0.05, 0) is 6.20 Å². The third-order valence-corrected chi connectivity index (χ3v) is 1.87. The van der Waals surface area contributed by atoms with Gasteiger partial charge in [0.05, 0.1) is 0 Å². The van der Waals surface area contributed by atoms with Gasteiger partial charge in [-0.25, -0.2) is 0 Å². The molecule has 1 aliphatic heterocycles. The van der Waals surface area contributed by atoms with E-state index in [9.17, 15) is 4.79 Å². The van der Waals surface area contributed by atoms with Crippen LogP contribution in [-0.4, -0.2) is 17.4 Å². The largest absolute Gasteiger partial charge is 0.374 e. The molecule has 1 heterocycles. The second-order valence-corrected chi connectivity index (χ2v) is 2.63. The topological polar surface area (TPSA) is 29.1 Å². The van der Waals surface area contributed by atoms with Gasteiger partial charge in [-0.3, -0.25) is 0 Å². The van der Waals surface area contributed by atoms with Crippen LogP contribution in [0.25, 0.3) is 0 Å². The van der Waals surface area contributed by atoms with Crippen LogP contribution < -0.4 is 5.32 Å². The van der Waals surface area contributed by atoms with Crippen LogP contribution in [0.3, 0.4) is 0 Å². The molecule has 0 saturated carbocycles. The molecule has 0 aliphatic carbocycles. The fourth-order valence-electron chi connectivity index (χ4n) is 0.497. The van der Waals surface area contributed by atoms with Gasteiger partial charge in [-0.2, -0.15) is 0 Å². The van der Waals surface area contributed by atoms with Crippen molar-refractivity contribution in [1.29, 1.82) is 0 Å². The molecule has 0 aromatic carbocycles. The molecular formula is C5H7NOS. The van der Waals surface area contributed by atoms with Gasteiger partial charge in [-0.15, -0.1) is 11.8 Å². The first-order chi connectivity index (χ1) is 3.93. The minimum absolute atomic E-state index is 0.0139. The molecule has 0 saturated heterocycles. The number of hydrogen-bond acceptors (Lipinski definition) is 3. The lowest BCUT2D eigenvalue weighted by Crippen LogP contribution is -2.24. The maximum Gasteiger partial charge on any atom is 0.152 e. The molecule has 0 bridgehead atoms. The first-order valence-electron chi connectivity index (χ1n) is 2.41. The van der Waals surface area contributed by atoms with Gasteiger partial charge in [-0.1, -0.05) is 6.08 Å². The maximum atomic E-state index is 10.0. The van der Waals surface area contributed by atoms with Gasteiger partial charge in [0.1, 0.15) is 5.37 Å². The van der Waals surface area contributed by atoms with E-state index in [1.807, 2.05) is 12.3 Å². The molecular weight excluding hydrogens is 122 g/mol. The molecule has 1 atom stereocenters. The Morgan fingerprint density at radius 3 is 3.12 bits per heavy atom. The summed E-state index contributed by atoms with van der Waals surface area (Å²) in [6.07, 6.45) is 4.72. The molecule has 3 heteroatoms. The van der Waals surface area contributed by atoms with E-state index in [0.717, 1.165) is 12.0 Å². The monoisotopic (exact) mass is 129 g/mol. The zero-order valence-electron chi connectivity index (χ0n) is 4.33. The first kappa shape index (κ1) is 5.69. The van der Waals surface area contributed by atoms with Gasteiger partial charge in [0.25, 0.3) is 0 Å². The lowest BCUT2D eigenvalue weighted by atomic mass is 10.6. The van der Waals surface area contributed by atoms with Crippen molar-refractivity contribution < 1.29 is 4.79 Å². The summed E-state index contributed by atoms with van der Waals surface area (Å²) in [5.74, 6) is 0.941.